The number of hydrogen-bond acceptors (Lipinski definition) is 6. The highest BCUT2D eigenvalue weighted by Crippen LogP contribution is 2.19. The maximum absolute atomic E-state index is 9.27. The maximum atomic E-state index is 9.27. The van der Waals surface area contributed by atoms with Crippen molar-refractivity contribution in [1.29, 1.82) is 0 Å². The summed E-state index contributed by atoms with van der Waals surface area (Å²) in [5.74, 6) is 2.16. The molecule has 2 N–H and O–H groups in total. The van der Waals surface area contributed by atoms with Gasteiger partial charge in [0.2, 0.25) is 11.7 Å². The number of hydrogen-bond donors (Lipinski definition) is 2. The minimum atomic E-state index is 0.0151. The summed E-state index contributed by atoms with van der Waals surface area (Å²) in [6.07, 6.45) is 0. The van der Waals surface area contributed by atoms with Crippen LogP contribution in [0.1, 0.15) is 19.7 Å². The average Bonchev–Trinajstić information content (AvgIpc) is 2.96. The Morgan fingerprint density at radius 1 is 1.29 bits per heavy atom. The minimum Gasteiger partial charge on any atom is -0.497 e. The van der Waals surface area contributed by atoms with Gasteiger partial charge >= 0.3 is 0 Å². The summed E-state index contributed by atoms with van der Waals surface area (Å²) < 4.78 is 10.3. The van der Waals surface area contributed by atoms with Crippen molar-refractivity contribution in [1.82, 2.24) is 15.5 Å². The first-order chi connectivity index (χ1) is 10.1. The molecule has 1 aromatic heterocycles. The summed E-state index contributed by atoms with van der Waals surface area (Å²) in [6, 6.07) is 7.48. The molecule has 6 heteroatoms. The summed E-state index contributed by atoms with van der Waals surface area (Å²) >= 11 is 0. The molecule has 0 bridgehead atoms. The molecule has 2 aromatic rings. The smallest absolute Gasteiger partial charge is 0.240 e. The van der Waals surface area contributed by atoms with E-state index in [-0.39, 0.29) is 12.6 Å². The van der Waals surface area contributed by atoms with E-state index in [0.29, 0.717) is 24.2 Å². The van der Waals surface area contributed by atoms with Gasteiger partial charge in [-0.3, -0.25) is 0 Å². The van der Waals surface area contributed by atoms with E-state index in [1.54, 1.807) is 7.11 Å². The van der Waals surface area contributed by atoms with Crippen LogP contribution in [-0.2, 0) is 6.54 Å². The predicted molar refractivity (Wildman–Crippen MR) is 78.8 cm³/mol. The van der Waals surface area contributed by atoms with Gasteiger partial charge in [0.1, 0.15) is 5.75 Å². The van der Waals surface area contributed by atoms with Crippen molar-refractivity contribution in [2.75, 3.05) is 13.7 Å². The summed E-state index contributed by atoms with van der Waals surface area (Å²) in [5, 5.41) is 16.4. The Morgan fingerprint density at radius 2 is 2.00 bits per heavy atom. The van der Waals surface area contributed by atoms with Gasteiger partial charge in [-0.05, 0) is 30.2 Å². The third kappa shape index (κ3) is 4.03. The molecule has 6 nitrogen and oxygen atoms in total. The molecule has 0 unspecified atom stereocenters. The summed E-state index contributed by atoms with van der Waals surface area (Å²) in [6.45, 7) is 4.61. The van der Waals surface area contributed by atoms with Crippen molar-refractivity contribution < 1.29 is 14.4 Å². The van der Waals surface area contributed by atoms with Gasteiger partial charge < -0.3 is 19.7 Å². The lowest BCUT2D eigenvalue weighted by atomic mass is 10.1. The number of ether oxygens (including phenoxy) is 1. The van der Waals surface area contributed by atoms with Crippen molar-refractivity contribution in [2.24, 2.45) is 5.92 Å². The average molecular weight is 291 g/mol. The van der Waals surface area contributed by atoms with Crippen molar-refractivity contribution in [3.63, 3.8) is 0 Å². The molecule has 0 saturated heterocycles. The van der Waals surface area contributed by atoms with Gasteiger partial charge in [0.15, 0.2) is 0 Å². The molecule has 21 heavy (non-hydrogen) atoms. The molecule has 114 valence electrons. The number of aromatic nitrogens is 2. The van der Waals surface area contributed by atoms with Gasteiger partial charge in [0.25, 0.3) is 0 Å². The number of methoxy groups -OCH3 is 1. The monoisotopic (exact) mass is 291 g/mol. The Labute approximate surface area is 124 Å². The molecule has 0 radical (unpaired) electrons. The number of nitrogens with zero attached hydrogens (tertiary/aromatic N) is 2. The van der Waals surface area contributed by atoms with E-state index in [1.807, 2.05) is 38.1 Å². The number of rotatable bonds is 7. The zero-order valence-corrected chi connectivity index (χ0v) is 12.5. The first-order valence-electron chi connectivity index (χ1n) is 6.95. The van der Waals surface area contributed by atoms with Crippen LogP contribution in [0.5, 0.6) is 5.75 Å². The van der Waals surface area contributed by atoms with Crippen LogP contribution in [0.3, 0.4) is 0 Å². The standard InChI is InChI=1S/C15H21N3O3/c1-10(2)13(9-19)16-8-14-17-15(18-21-14)11-4-6-12(20-3)7-5-11/h4-7,10,13,16,19H,8-9H2,1-3H3/t13-/m1/s1. The molecule has 1 atom stereocenters. The van der Waals surface area contributed by atoms with Crippen LogP contribution < -0.4 is 10.1 Å². The molecular formula is C15H21N3O3. The van der Waals surface area contributed by atoms with Crippen molar-refractivity contribution in [2.45, 2.75) is 26.4 Å². The molecule has 0 amide bonds. The van der Waals surface area contributed by atoms with E-state index in [4.69, 9.17) is 9.26 Å². The summed E-state index contributed by atoms with van der Waals surface area (Å²) in [5.41, 5.74) is 0.869. The van der Waals surface area contributed by atoms with E-state index in [0.717, 1.165) is 11.3 Å². The van der Waals surface area contributed by atoms with Crippen molar-refractivity contribution in [3.05, 3.63) is 30.2 Å². The molecule has 2 rings (SSSR count). The van der Waals surface area contributed by atoms with Crippen LogP contribution in [0, 0.1) is 5.92 Å². The van der Waals surface area contributed by atoms with Gasteiger partial charge in [-0.2, -0.15) is 4.98 Å². The quantitative estimate of drug-likeness (QED) is 0.810. The van der Waals surface area contributed by atoms with E-state index in [9.17, 15) is 5.11 Å². The highest BCUT2D eigenvalue weighted by molar-refractivity contribution is 5.55. The Hall–Kier alpha value is -1.92. The zero-order valence-electron chi connectivity index (χ0n) is 12.5. The fraction of sp³-hybridized carbons (Fsp3) is 0.467. The Kier molecular flexibility index (Phi) is 5.30. The lowest BCUT2D eigenvalue weighted by molar-refractivity contribution is 0.205. The third-order valence-electron chi connectivity index (χ3n) is 3.33. The maximum Gasteiger partial charge on any atom is 0.240 e. The summed E-state index contributed by atoms with van der Waals surface area (Å²) in [4.78, 5) is 4.34. The predicted octanol–water partition coefficient (Wildman–Crippen LogP) is 1.85. The number of benzene rings is 1. The third-order valence-corrected chi connectivity index (χ3v) is 3.33. The van der Waals surface area contributed by atoms with Gasteiger partial charge in [-0.15, -0.1) is 0 Å². The molecular weight excluding hydrogens is 270 g/mol. The number of aliphatic hydroxyl groups excluding tert-OH is 1. The van der Waals surface area contributed by atoms with E-state index < -0.39 is 0 Å². The zero-order chi connectivity index (χ0) is 15.2. The second kappa shape index (κ2) is 7.19. The second-order valence-corrected chi connectivity index (χ2v) is 5.15. The Bertz CT molecular complexity index is 552. The highest BCUT2D eigenvalue weighted by atomic mass is 16.5. The summed E-state index contributed by atoms with van der Waals surface area (Å²) in [7, 11) is 1.62. The molecule has 0 aliphatic carbocycles. The molecule has 1 heterocycles. The molecule has 0 spiro atoms. The van der Waals surface area contributed by atoms with Crippen molar-refractivity contribution in [3.8, 4) is 17.1 Å². The molecule has 0 aliphatic heterocycles. The van der Waals surface area contributed by atoms with Crippen LogP contribution in [0.15, 0.2) is 28.8 Å². The van der Waals surface area contributed by atoms with Crippen LogP contribution in [0.2, 0.25) is 0 Å². The molecule has 0 saturated carbocycles. The van der Waals surface area contributed by atoms with Crippen molar-refractivity contribution >= 4 is 0 Å². The highest BCUT2D eigenvalue weighted by Gasteiger charge is 2.14. The fourth-order valence-corrected chi connectivity index (χ4v) is 1.91. The van der Waals surface area contributed by atoms with Gasteiger partial charge in [0.05, 0.1) is 20.3 Å². The Balaban J connectivity index is 2.00. The van der Waals surface area contributed by atoms with E-state index in [1.165, 1.54) is 0 Å². The number of aliphatic hydroxyl groups is 1. The minimum absolute atomic E-state index is 0.0151. The second-order valence-electron chi connectivity index (χ2n) is 5.15. The normalized spacial score (nSPS) is 12.6. The molecule has 0 fully saturated rings. The first kappa shape index (κ1) is 15.5. The Morgan fingerprint density at radius 3 is 2.57 bits per heavy atom. The lowest BCUT2D eigenvalue weighted by Gasteiger charge is -2.18. The van der Waals surface area contributed by atoms with Crippen LogP contribution >= 0.6 is 0 Å². The lowest BCUT2D eigenvalue weighted by Crippen LogP contribution is -2.36. The van der Waals surface area contributed by atoms with Crippen LogP contribution in [0.4, 0.5) is 0 Å². The van der Waals surface area contributed by atoms with Crippen LogP contribution in [0.25, 0.3) is 11.4 Å². The topological polar surface area (TPSA) is 80.4 Å². The van der Waals surface area contributed by atoms with Gasteiger partial charge in [0, 0.05) is 11.6 Å². The number of nitrogens with one attached hydrogen (secondary N) is 1. The fourth-order valence-electron chi connectivity index (χ4n) is 1.91. The largest absolute Gasteiger partial charge is 0.497 e. The molecule has 1 aromatic carbocycles. The first-order valence-corrected chi connectivity index (χ1v) is 6.95. The van der Waals surface area contributed by atoms with E-state index >= 15 is 0 Å². The van der Waals surface area contributed by atoms with E-state index in [2.05, 4.69) is 15.5 Å². The van der Waals surface area contributed by atoms with Gasteiger partial charge in [-0.1, -0.05) is 19.0 Å². The van der Waals surface area contributed by atoms with Crippen LogP contribution in [-0.4, -0.2) is 35.0 Å². The van der Waals surface area contributed by atoms with Gasteiger partial charge in [-0.25, -0.2) is 0 Å². The SMILES string of the molecule is COc1ccc(-c2noc(CN[C@H](CO)C(C)C)n2)cc1. The molecule has 0 aliphatic rings.